The third-order valence-electron chi connectivity index (χ3n) is 2.85. The SMILES string of the molecule is COc1c(C(=O)NCC(Br)CC(C)C)cccc1[N+](=O)[O-]. The van der Waals surface area contributed by atoms with Crippen LogP contribution >= 0.6 is 15.9 Å². The molecule has 1 rings (SSSR count). The summed E-state index contributed by atoms with van der Waals surface area (Å²) in [5, 5.41) is 13.7. The van der Waals surface area contributed by atoms with Crippen molar-refractivity contribution < 1.29 is 14.5 Å². The molecule has 1 aromatic rings. The highest BCUT2D eigenvalue weighted by atomic mass is 79.9. The molecule has 116 valence electrons. The second kappa shape index (κ2) is 7.97. The number of rotatable bonds is 7. The first-order valence-corrected chi connectivity index (χ1v) is 7.52. The number of para-hydroxylation sites is 1. The van der Waals surface area contributed by atoms with E-state index >= 15 is 0 Å². The van der Waals surface area contributed by atoms with Crippen LogP contribution in [-0.2, 0) is 0 Å². The predicted octanol–water partition coefficient (Wildman–Crippen LogP) is 3.14. The van der Waals surface area contributed by atoms with Crippen LogP contribution in [-0.4, -0.2) is 29.3 Å². The van der Waals surface area contributed by atoms with Crippen molar-refractivity contribution >= 4 is 27.5 Å². The number of nitrogens with zero attached hydrogens (tertiary/aromatic N) is 1. The minimum atomic E-state index is -0.568. The third-order valence-corrected chi connectivity index (χ3v) is 3.55. The average molecular weight is 359 g/mol. The second-order valence-electron chi connectivity index (χ2n) is 5.05. The summed E-state index contributed by atoms with van der Waals surface area (Å²) in [5.41, 5.74) is -0.0568. The van der Waals surface area contributed by atoms with Gasteiger partial charge in [-0.1, -0.05) is 35.8 Å². The van der Waals surface area contributed by atoms with Gasteiger partial charge in [-0.3, -0.25) is 14.9 Å². The molecule has 0 saturated carbocycles. The molecule has 0 saturated heterocycles. The molecule has 1 amide bonds. The Morgan fingerprint density at radius 1 is 1.48 bits per heavy atom. The smallest absolute Gasteiger partial charge is 0.311 e. The average Bonchev–Trinajstić information content (AvgIpc) is 2.42. The molecule has 0 bridgehead atoms. The van der Waals surface area contributed by atoms with Gasteiger partial charge in [0.15, 0.2) is 0 Å². The van der Waals surface area contributed by atoms with Crippen molar-refractivity contribution in [3.63, 3.8) is 0 Å². The molecule has 0 radical (unpaired) electrons. The Morgan fingerprint density at radius 2 is 2.14 bits per heavy atom. The van der Waals surface area contributed by atoms with Crippen molar-refractivity contribution in [2.45, 2.75) is 25.1 Å². The molecule has 0 aromatic heterocycles. The van der Waals surface area contributed by atoms with Crippen molar-refractivity contribution in [2.24, 2.45) is 5.92 Å². The Morgan fingerprint density at radius 3 is 2.67 bits per heavy atom. The van der Waals surface area contributed by atoms with Gasteiger partial charge in [-0.05, 0) is 18.4 Å². The molecule has 0 fully saturated rings. The molecule has 7 heteroatoms. The molecular weight excluding hydrogens is 340 g/mol. The van der Waals surface area contributed by atoms with E-state index in [1.54, 1.807) is 0 Å². The molecule has 1 aromatic carbocycles. The normalized spacial score (nSPS) is 12.0. The van der Waals surface area contributed by atoms with E-state index in [9.17, 15) is 14.9 Å². The number of carbonyl (C=O) groups is 1. The van der Waals surface area contributed by atoms with Gasteiger partial charge < -0.3 is 10.1 Å². The van der Waals surface area contributed by atoms with E-state index in [1.165, 1.54) is 25.3 Å². The fourth-order valence-corrected chi connectivity index (χ4v) is 2.86. The van der Waals surface area contributed by atoms with Gasteiger partial charge in [0.25, 0.3) is 5.91 Å². The maximum atomic E-state index is 12.2. The van der Waals surface area contributed by atoms with Crippen LogP contribution in [0.5, 0.6) is 5.75 Å². The van der Waals surface area contributed by atoms with Gasteiger partial charge in [-0.25, -0.2) is 0 Å². The van der Waals surface area contributed by atoms with Crippen molar-refractivity contribution in [3.05, 3.63) is 33.9 Å². The number of hydrogen-bond donors (Lipinski definition) is 1. The minimum Gasteiger partial charge on any atom is -0.490 e. The molecule has 0 heterocycles. The van der Waals surface area contributed by atoms with E-state index in [4.69, 9.17) is 4.74 Å². The molecule has 0 spiro atoms. The molecule has 1 unspecified atom stereocenters. The van der Waals surface area contributed by atoms with Crippen LogP contribution < -0.4 is 10.1 Å². The van der Waals surface area contributed by atoms with Crippen molar-refractivity contribution in [1.82, 2.24) is 5.32 Å². The highest BCUT2D eigenvalue weighted by Crippen LogP contribution is 2.30. The number of halogens is 1. The Hall–Kier alpha value is -1.63. The number of benzene rings is 1. The fraction of sp³-hybridized carbons (Fsp3) is 0.500. The molecule has 1 atom stereocenters. The topological polar surface area (TPSA) is 81.5 Å². The second-order valence-corrected chi connectivity index (χ2v) is 6.35. The number of hydrogen-bond acceptors (Lipinski definition) is 4. The van der Waals surface area contributed by atoms with Crippen LogP contribution in [0, 0.1) is 16.0 Å². The summed E-state index contributed by atoms with van der Waals surface area (Å²) < 4.78 is 5.02. The van der Waals surface area contributed by atoms with E-state index in [-0.39, 0.29) is 27.7 Å². The van der Waals surface area contributed by atoms with Gasteiger partial charge >= 0.3 is 5.69 Å². The van der Waals surface area contributed by atoms with E-state index in [0.29, 0.717) is 12.5 Å². The highest BCUT2D eigenvalue weighted by molar-refractivity contribution is 9.09. The van der Waals surface area contributed by atoms with E-state index in [2.05, 4.69) is 35.1 Å². The maximum absolute atomic E-state index is 12.2. The third kappa shape index (κ3) is 5.00. The Bertz CT molecular complexity index is 520. The number of ether oxygens (including phenoxy) is 1. The van der Waals surface area contributed by atoms with Crippen molar-refractivity contribution in [1.29, 1.82) is 0 Å². The summed E-state index contributed by atoms with van der Waals surface area (Å²) in [7, 11) is 1.31. The first-order valence-electron chi connectivity index (χ1n) is 6.60. The minimum absolute atomic E-state index is 0.0185. The van der Waals surface area contributed by atoms with Crippen LogP contribution in [0.15, 0.2) is 18.2 Å². The van der Waals surface area contributed by atoms with Gasteiger partial charge in [0.05, 0.1) is 17.6 Å². The van der Waals surface area contributed by atoms with Crippen LogP contribution in [0.4, 0.5) is 5.69 Å². The first kappa shape index (κ1) is 17.4. The van der Waals surface area contributed by atoms with Crippen LogP contribution in [0.3, 0.4) is 0 Å². The molecule has 21 heavy (non-hydrogen) atoms. The maximum Gasteiger partial charge on any atom is 0.311 e. The number of nitro groups is 1. The fourth-order valence-electron chi connectivity index (χ4n) is 1.96. The molecule has 0 aliphatic rings. The van der Waals surface area contributed by atoms with Crippen molar-refractivity contribution in [3.8, 4) is 5.75 Å². The Kier molecular flexibility index (Phi) is 6.61. The van der Waals surface area contributed by atoms with Gasteiger partial charge in [-0.2, -0.15) is 0 Å². The van der Waals surface area contributed by atoms with Crippen molar-refractivity contribution in [2.75, 3.05) is 13.7 Å². The number of methoxy groups -OCH3 is 1. The van der Waals surface area contributed by atoms with Crippen LogP contribution in [0.25, 0.3) is 0 Å². The molecule has 6 nitrogen and oxygen atoms in total. The predicted molar refractivity (Wildman–Crippen MR) is 84.2 cm³/mol. The molecule has 1 N–H and O–H groups in total. The number of nitrogens with one attached hydrogen (secondary N) is 1. The molecule has 0 aliphatic carbocycles. The summed E-state index contributed by atoms with van der Waals surface area (Å²) in [6.07, 6.45) is 0.923. The summed E-state index contributed by atoms with van der Waals surface area (Å²) in [6, 6.07) is 4.28. The zero-order chi connectivity index (χ0) is 16.0. The Labute approximate surface area is 132 Å². The Balaban J connectivity index is 2.83. The first-order chi connectivity index (χ1) is 9.86. The van der Waals surface area contributed by atoms with E-state index < -0.39 is 4.92 Å². The molecular formula is C14H19BrN2O4. The monoisotopic (exact) mass is 358 g/mol. The summed E-state index contributed by atoms with van der Waals surface area (Å²) >= 11 is 3.50. The molecule has 0 aliphatic heterocycles. The van der Waals surface area contributed by atoms with Crippen LogP contribution in [0.1, 0.15) is 30.6 Å². The van der Waals surface area contributed by atoms with E-state index in [1.807, 2.05) is 0 Å². The number of amides is 1. The zero-order valence-electron chi connectivity index (χ0n) is 12.3. The summed E-state index contributed by atoms with van der Waals surface area (Å²) in [4.78, 5) is 22.7. The quantitative estimate of drug-likeness (QED) is 0.461. The van der Waals surface area contributed by atoms with Gasteiger partial charge in [-0.15, -0.1) is 0 Å². The lowest BCUT2D eigenvalue weighted by atomic mass is 10.1. The summed E-state index contributed by atoms with van der Waals surface area (Å²) in [6.45, 7) is 4.64. The lowest BCUT2D eigenvalue weighted by Crippen LogP contribution is -2.30. The standard InChI is InChI=1S/C14H19BrN2O4/c1-9(2)7-10(15)8-16-14(18)11-5-4-6-12(17(19)20)13(11)21-3/h4-6,9-10H,7-8H2,1-3H3,(H,16,18). The zero-order valence-corrected chi connectivity index (χ0v) is 13.8. The number of carbonyl (C=O) groups excluding carboxylic acids is 1. The lowest BCUT2D eigenvalue weighted by Gasteiger charge is -2.14. The summed E-state index contributed by atoms with van der Waals surface area (Å²) in [5.74, 6) is 0.109. The highest BCUT2D eigenvalue weighted by Gasteiger charge is 2.22. The largest absolute Gasteiger partial charge is 0.490 e. The number of nitro benzene ring substituents is 1. The number of alkyl halides is 1. The van der Waals surface area contributed by atoms with Gasteiger partial charge in [0, 0.05) is 17.4 Å². The lowest BCUT2D eigenvalue weighted by molar-refractivity contribution is -0.385. The van der Waals surface area contributed by atoms with Crippen LogP contribution in [0.2, 0.25) is 0 Å². The van der Waals surface area contributed by atoms with E-state index in [0.717, 1.165) is 6.42 Å². The van der Waals surface area contributed by atoms with Gasteiger partial charge in [0.2, 0.25) is 5.75 Å². The van der Waals surface area contributed by atoms with Gasteiger partial charge in [0.1, 0.15) is 0 Å².